The van der Waals surface area contributed by atoms with E-state index in [0.29, 0.717) is 23.3 Å². The van der Waals surface area contributed by atoms with E-state index < -0.39 is 0 Å². The van der Waals surface area contributed by atoms with Crippen molar-refractivity contribution in [3.05, 3.63) is 29.6 Å². The van der Waals surface area contributed by atoms with Crippen LogP contribution in [0.5, 0.6) is 0 Å². The first-order valence-corrected chi connectivity index (χ1v) is 6.04. The largest absolute Gasteiger partial charge is 0.397 e. The molecule has 92 valence electrons. The molecule has 0 radical (unpaired) electrons. The van der Waals surface area contributed by atoms with Crippen LogP contribution in [0.4, 0.5) is 5.69 Å². The van der Waals surface area contributed by atoms with Gasteiger partial charge in [-0.3, -0.25) is 4.79 Å². The first-order valence-electron chi connectivity index (χ1n) is 6.04. The maximum atomic E-state index is 12.2. The Labute approximate surface area is 105 Å². The van der Waals surface area contributed by atoms with E-state index in [2.05, 4.69) is 23.8 Å². The predicted octanol–water partition coefficient (Wildman–Crippen LogP) is 2.37. The number of carbonyl (C=O) groups is 1. The number of carbonyl (C=O) groups excluding carboxylic acids is 1. The maximum Gasteiger partial charge on any atom is 0.167 e. The molecule has 4 nitrogen and oxygen atoms in total. The molecule has 0 saturated heterocycles. The fourth-order valence-corrected chi connectivity index (χ4v) is 2.65. The summed E-state index contributed by atoms with van der Waals surface area (Å²) in [5, 5.41) is 0.768. The Morgan fingerprint density at radius 1 is 1.33 bits per heavy atom. The minimum atomic E-state index is -0.0496. The summed E-state index contributed by atoms with van der Waals surface area (Å²) in [5.41, 5.74) is 8.62. The lowest BCUT2D eigenvalue weighted by atomic mass is 9.75. The van der Waals surface area contributed by atoms with E-state index >= 15 is 0 Å². The Hall–Kier alpha value is -1.97. The molecular weight excluding hydrogens is 226 g/mol. The van der Waals surface area contributed by atoms with Crippen LogP contribution in [0.2, 0.25) is 0 Å². The molecule has 0 saturated carbocycles. The van der Waals surface area contributed by atoms with Crippen LogP contribution >= 0.6 is 0 Å². The molecule has 2 aromatic heterocycles. The summed E-state index contributed by atoms with van der Waals surface area (Å²) in [5.74, 6) is 0.0944. The third kappa shape index (κ3) is 1.56. The average molecular weight is 241 g/mol. The molecule has 1 aliphatic rings. The lowest BCUT2D eigenvalue weighted by Crippen LogP contribution is -2.29. The monoisotopic (exact) mass is 241 g/mol. The Bertz CT molecular complexity index is 661. The molecule has 0 amide bonds. The number of nitrogens with zero attached hydrogens (tertiary/aromatic N) is 2. The van der Waals surface area contributed by atoms with Crippen molar-refractivity contribution in [1.82, 2.24) is 9.97 Å². The van der Waals surface area contributed by atoms with Crippen molar-refractivity contribution >= 4 is 22.5 Å². The van der Waals surface area contributed by atoms with Gasteiger partial charge in [-0.05, 0) is 24.0 Å². The van der Waals surface area contributed by atoms with Crippen LogP contribution in [0, 0.1) is 5.41 Å². The van der Waals surface area contributed by atoms with Crippen LogP contribution in [0.3, 0.4) is 0 Å². The van der Waals surface area contributed by atoms with E-state index in [1.54, 1.807) is 6.20 Å². The number of Topliss-reactive ketones (excluding diaryl/α,β-unsaturated/α-hetero) is 1. The summed E-state index contributed by atoms with van der Waals surface area (Å²) in [4.78, 5) is 21.0. The molecule has 0 bridgehead atoms. The zero-order chi connectivity index (χ0) is 12.9. The van der Waals surface area contributed by atoms with E-state index in [1.165, 1.54) is 0 Å². The highest BCUT2D eigenvalue weighted by atomic mass is 16.1. The van der Waals surface area contributed by atoms with E-state index in [4.69, 9.17) is 5.73 Å². The number of rotatable bonds is 0. The fourth-order valence-electron chi connectivity index (χ4n) is 2.65. The number of hydrogen-bond donors (Lipinski definition) is 1. The smallest absolute Gasteiger partial charge is 0.167 e. The minimum absolute atomic E-state index is 0.0496. The van der Waals surface area contributed by atoms with Crippen LogP contribution in [0.15, 0.2) is 18.3 Å². The van der Waals surface area contributed by atoms with E-state index in [0.717, 1.165) is 17.5 Å². The van der Waals surface area contributed by atoms with Crippen molar-refractivity contribution in [1.29, 1.82) is 0 Å². The van der Waals surface area contributed by atoms with Gasteiger partial charge in [-0.2, -0.15) is 0 Å². The predicted molar refractivity (Wildman–Crippen MR) is 70.4 cm³/mol. The summed E-state index contributed by atoms with van der Waals surface area (Å²) >= 11 is 0. The number of nitrogen functional groups attached to an aromatic ring is 1. The number of nitrogens with two attached hydrogens (primary N) is 1. The van der Waals surface area contributed by atoms with Gasteiger partial charge in [0.15, 0.2) is 11.4 Å². The molecule has 4 heteroatoms. The van der Waals surface area contributed by atoms with Crippen LogP contribution in [0.25, 0.3) is 11.0 Å². The lowest BCUT2D eigenvalue weighted by molar-refractivity contribution is 0.0912. The maximum absolute atomic E-state index is 12.2. The van der Waals surface area contributed by atoms with Crippen LogP contribution in [-0.4, -0.2) is 15.8 Å². The van der Waals surface area contributed by atoms with E-state index in [1.807, 2.05) is 12.1 Å². The van der Waals surface area contributed by atoms with Gasteiger partial charge in [0.05, 0.1) is 16.9 Å². The van der Waals surface area contributed by atoms with Crippen molar-refractivity contribution in [3.63, 3.8) is 0 Å². The molecule has 0 unspecified atom stereocenters. The van der Waals surface area contributed by atoms with Gasteiger partial charge in [0.1, 0.15) is 0 Å². The number of hydrogen-bond acceptors (Lipinski definition) is 4. The lowest BCUT2D eigenvalue weighted by Gasteiger charge is -2.30. The SMILES string of the molecule is CC1(C)CC(=O)c2c(nc3ncccc3c2N)C1. The number of ketones is 1. The molecule has 3 rings (SSSR count). The summed E-state index contributed by atoms with van der Waals surface area (Å²) in [7, 11) is 0. The van der Waals surface area contributed by atoms with Gasteiger partial charge in [-0.15, -0.1) is 0 Å². The Balaban J connectivity index is 2.33. The molecular formula is C14H15N3O. The molecule has 1 aliphatic carbocycles. The first-order chi connectivity index (χ1) is 8.48. The highest BCUT2D eigenvalue weighted by molar-refractivity contribution is 6.08. The summed E-state index contributed by atoms with van der Waals surface area (Å²) in [6.07, 6.45) is 2.99. The van der Waals surface area contributed by atoms with Crippen molar-refractivity contribution in [2.24, 2.45) is 5.41 Å². The Kier molecular flexibility index (Phi) is 2.17. The Morgan fingerprint density at radius 3 is 2.89 bits per heavy atom. The normalized spacial score (nSPS) is 17.8. The highest BCUT2D eigenvalue weighted by Crippen LogP contribution is 2.37. The average Bonchev–Trinajstić information content (AvgIpc) is 2.26. The van der Waals surface area contributed by atoms with Gasteiger partial charge in [0.25, 0.3) is 0 Å². The van der Waals surface area contributed by atoms with Crippen LogP contribution in [0.1, 0.15) is 36.3 Å². The molecule has 2 aromatic rings. The second-order valence-electron chi connectivity index (χ2n) is 5.66. The number of aromatic nitrogens is 2. The first kappa shape index (κ1) is 11.1. The van der Waals surface area contributed by atoms with Gasteiger partial charge in [0.2, 0.25) is 0 Å². The van der Waals surface area contributed by atoms with Crippen LogP contribution < -0.4 is 5.73 Å². The van der Waals surface area contributed by atoms with Gasteiger partial charge < -0.3 is 5.73 Å². The van der Waals surface area contributed by atoms with Crippen molar-refractivity contribution < 1.29 is 4.79 Å². The van der Waals surface area contributed by atoms with E-state index in [-0.39, 0.29) is 11.2 Å². The number of fused-ring (bicyclic) bond motifs is 2. The quantitative estimate of drug-likeness (QED) is 0.768. The highest BCUT2D eigenvalue weighted by Gasteiger charge is 2.34. The van der Waals surface area contributed by atoms with Gasteiger partial charge >= 0.3 is 0 Å². The molecule has 2 heterocycles. The molecule has 0 fully saturated rings. The summed E-state index contributed by atoms with van der Waals surface area (Å²) < 4.78 is 0. The second kappa shape index (κ2) is 3.51. The van der Waals surface area contributed by atoms with Gasteiger partial charge in [-0.1, -0.05) is 13.8 Å². The summed E-state index contributed by atoms with van der Waals surface area (Å²) in [6.45, 7) is 4.16. The van der Waals surface area contributed by atoms with Crippen molar-refractivity contribution in [2.45, 2.75) is 26.7 Å². The van der Waals surface area contributed by atoms with E-state index in [9.17, 15) is 4.79 Å². The van der Waals surface area contributed by atoms with Crippen LogP contribution in [-0.2, 0) is 6.42 Å². The number of pyridine rings is 2. The van der Waals surface area contributed by atoms with Gasteiger partial charge in [0, 0.05) is 18.0 Å². The minimum Gasteiger partial charge on any atom is -0.397 e. The topological polar surface area (TPSA) is 68.9 Å². The third-order valence-corrected chi connectivity index (χ3v) is 3.44. The summed E-state index contributed by atoms with van der Waals surface area (Å²) in [6, 6.07) is 3.67. The molecule has 0 aromatic carbocycles. The third-order valence-electron chi connectivity index (χ3n) is 3.44. The number of anilines is 1. The zero-order valence-corrected chi connectivity index (χ0v) is 10.5. The molecule has 0 spiro atoms. The van der Waals surface area contributed by atoms with Crippen molar-refractivity contribution in [3.8, 4) is 0 Å². The van der Waals surface area contributed by atoms with Gasteiger partial charge in [-0.25, -0.2) is 9.97 Å². The standard InChI is InChI=1S/C14H15N3O/c1-14(2)6-9-11(10(18)7-14)12(15)8-4-3-5-16-13(8)17-9/h3-5H,6-7H2,1-2H3,(H2,15,16,17). The molecule has 2 N–H and O–H groups in total. The van der Waals surface area contributed by atoms with Crippen molar-refractivity contribution in [2.75, 3.05) is 5.73 Å². The second-order valence-corrected chi connectivity index (χ2v) is 5.66. The zero-order valence-electron chi connectivity index (χ0n) is 10.5. The molecule has 18 heavy (non-hydrogen) atoms. The molecule has 0 atom stereocenters. The fraction of sp³-hybridized carbons (Fsp3) is 0.357. The Morgan fingerprint density at radius 2 is 2.11 bits per heavy atom. The molecule has 0 aliphatic heterocycles.